The van der Waals surface area contributed by atoms with Gasteiger partial charge in [-0.1, -0.05) is 16.8 Å². The highest BCUT2D eigenvalue weighted by molar-refractivity contribution is 6.31. The number of rotatable bonds is 4. The minimum atomic E-state index is 0.697. The first-order chi connectivity index (χ1) is 8.58. The average molecular weight is 266 g/mol. The lowest BCUT2D eigenvalue weighted by Gasteiger charge is -2.17. The molecule has 2 rings (SSSR count). The molecule has 5 heteroatoms. The van der Waals surface area contributed by atoms with Crippen molar-refractivity contribution in [1.82, 2.24) is 15.0 Å². The zero-order valence-corrected chi connectivity index (χ0v) is 11.5. The van der Waals surface area contributed by atoms with Crippen LogP contribution in [0.1, 0.15) is 22.6 Å². The van der Waals surface area contributed by atoms with E-state index in [4.69, 9.17) is 16.1 Å². The number of aromatic nitrogens is 2. The molecule has 0 saturated carbocycles. The Kier molecular flexibility index (Phi) is 3.99. The predicted molar refractivity (Wildman–Crippen MR) is 70.4 cm³/mol. The number of hydrogen-bond donors (Lipinski definition) is 0. The molecular formula is C13H16ClN3O. The monoisotopic (exact) mass is 265 g/mol. The second-order valence-corrected chi connectivity index (χ2v) is 4.85. The number of aryl methyl sites for hydroxylation is 2. The third kappa shape index (κ3) is 2.89. The van der Waals surface area contributed by atoms with E-state index in [2.05, 4.69) is 15.0 Å². The van der Waals surface area contributed by atoms with Gasteiger partial charge in [0, 0.05) is 31.0 Å². The minimum Gasteiger partial charge on any atom is -0.361 e. The molecule has 2 heterocycles. The standard InChI is InChI=1S/C13H16ClN3O/c1-9-12(10(2)18-16-9)8-17(3)7-11-4-5-15-6-13(11)14/h4-6H,7-8H2,1-3H3. The lowest BCUT2D eigenvalue weighted by molar-refractivity contribution is 0.315. The third-order valence-electron chi connectivity index (χ3n) is 2.91. The Hall–Kier alpha value is -1.39. The second kappa shape index (κ2) is 5.50. The smallest absolute Gasteiger partial charge is 0.138 e. The molecule has 0 fully saturated rings. The van der Waals surface area contributed by atoms with E-state index in [0.717, 1.165) is 35.7 Å². The van der Waals surface area contributed by atoms with Gasteiger partial charge in [0.05, 0.1) is 10.7 Å². The number of nitrogens with zero attached hydrogens (tertiary/aromatic N) is 3. The molecule has 96 valence electrons. The fourth-order valence-corrected chi connectivity index (χ4v) is 2.06. The molecule has 0 saturated heterocycles. The van der Waals surface area contributed by atoms with Crippen LogP contribution in [0.4, 0.5) is 0 Å². The van der Waals surface area contributed by atoms with Gasteiger partial charge >= 0.3 is 0 Å². The van der Waals surface area contributed by atoms with E-state index in [1.54, 1.807) is 12.4 Å². The van der Waals surface area contributed by atoms with Crippen LogP contribution in [-0.2, 0) is 13.1 Å². The molecule has 0 N–H and O–H groups in total. The Bertz CT molecular complexity index is 519. The van der Waals surface area contributed by atoms with Gasteiger partial charge in [-0.25, -0.2) is 0 Å². The van der Waals surface area contributed by atoms with Gasteiger partial charge in [-0.15, -0.1) is 0 Å². The van der Waals surface area contributed by atoms with Crippen molar-refractivity contribution in [3.05, 3.63) is 46.1 Å². The molecule has 0 spiro atoms. The van der Waals surface area contributed by atoms with Crippen LogP contribution in [0.5, 0.6) is 0 Å². The van der Waals surface area contributed by atoms with Gasteiger partial charge in [0.1, 0.15) is 5.76 Å². The van der Waals surface area contributed by atoms with Crippen molar-refractivity contribution in [3.8, 4) is 0 Å². The van der Waals surface area contributed by atoms with Crippen molar-refractivity contribution >= 4 is 11.6 Å². The van der Waals surface area contributed by atoms with Crippen molar-refractivity contribution in [1.29, 1.82) is 0 Å². The Labute approximate surface area is 112 Å². The Morgan fingerprint density at radius 2 is 2.11 bits per heavy atom. The maximum atomic E-state index is 6.09. The van der Waals surface area contributed by atoms with Crippen LogP contribution >= 0.6 is 11.6 Å². The molecule has 0 aromatic carbocycles. The quantitative estimate of drug-likeness (QED) is 0.852. The molecule has 2 aromatic rings. The summed E-state index contributed by atoms with van der Waals surface area (Å²) < 4.78 is 5.16. The number of halogens is 1. The summed E-state index contributed by atoms with van der Waals surface area (Å²) in [5.74, 6) is 0.875. The van der Waals surface area contributed by atoms with Gasteiger partial charge in [0.15, 0.2) is 0 Å². The maximum absolute atomic E-state index is 6.09. The summed E-state index contributed by atoms with van der Waals surface area (Å²) in [4.78, 5) is 6.16. The van der Waals surface area contributed by atoms with Crippen LogP contribution in [0.2, 0.25) is 5.02 Å². The van der Waals surface area contributed by atoms with Gasteiger partial charge in [-0.05, 0) is 32.5 Å². The van der Waals surface area contributed by atoms with Gasteiger partial charge in [-0.3, -0.25) is 9.88 Å². The van der Waals surface area contributed by atoms with E-state index < -0.39 is 0 Å². The van der Waals surface area contributed by atoms with Crippen LogP contribution in [0.15, 0.2) is 23.0 Å². The summed E-state index contributed by atoms with van der Waals surface area (Å²) >= 11 is 6.09. The molecule has 0 aliphatic heterocycles. The molecule has 0 atom stereocenters. The van der Waals surface area contributed by atoms with Crippen LogP contribution in [0.3, 0.4) is 0 Å². The van der Waals surface area contributed by atoms with E-state index in [1.807, 2.05) is 27.0 Å². The maximum Gasteiger partial charge on any atom is 0.138 e. The summed E-state index contributed by atoms with van der Waals surface area (Å²) in [6, 6.07) is 1.94. The van der Waals surface area contributed by atoms with E-state index in [9.17, 15) is 0 Å². The first kappa shape index (κ1) is 13.1. The highest BCUT2D eigenvalue weighted by Crippen LogP contribution is 2.18. The molecule has 0 unspecified atom stereocenters. The Balaban J connectivity index is 2.06. The molecular weight excluding hydrogens is 250 g/mol. The second-order valence-electron chi connectivity index (χ2n) is 4.44. The van der Waals surface area contributed by atoms with Gasteiger partial charge in [0.2, 0.25) is 0 Å². The summed E-state index contributed by atoms with van der Waals surface area (Å²) in [5, 5.41) is 4.65. The minimum absolute atomic E-state index is 0.697. The summed E-state index contributed by atoms with van der Waals surface area (Å²) in [6.07, 6.45) is 3.42. The fourth-order valence-electron chi connectivity index (χ4n) is 1.88. The molecule has 0 aliphatic rings. The van der Waals surface area contributed by atoms with E-state index in [-0.39, 0.29) is 0 Å². The summed E-state index contributed by atoms with van der Waals surface area (Å²) in [7, 11) is 2.04. The van der Waals surface area contributed by atoms with Gasteiger partial charge < -0.3 is 4.52 Å². The predicted octanol–water partition coefficient (Wildman–Crippen LogP) is 2.97. The highest BCUT2D eigenvalue weighted by Gasteiger charge is 2.12. The molecule has 0 aliphatic carbocycles. The number of pyridine rings is 1. The Morgan fingerprint density at radius 1 is 1.33 bits per heavy atom. The van der Waals surface area contributed by atoms with Crippen molar-refractivity contribution in [2.75, 3.05) is 7.05 Å². The van der Waals surface area contributed by atoms with Crippen LogP contribution < -0.4 is 0 Å². The molecule has 0 radical (unpaired) electrons. The molecule has 0 amide bonds. The normalized spacial score (nSPS) is 11.2. The zero-order valence-electron chi connectivity index (χ0n) is 10.8. The lowest BCUT2D eigenvalue weighted by atomic mass is 10.2. The van der Waals surface area contributed by atoms with E-state index in [1.165, 1.54) is 0 Å². The fraction of sp³-hybridized carbons (Fsp3) is 0.385. The molecule has 2 aromatic heterocycles. The van der Waals surface area contributed by atoms with Crippen molar-refractivity contribution in [3.63, 3.8) is 0 Å². The van der Waals surface area contributed by atoms with E-state index >= 15 is 0 Å². The van der Waals surface area contributed by atoms with Crippen molar-refractivity contribution in [2.45, 2.75) is 26.9 Å². The summed E-state index contributed by atoms with van der Waals surface area (Å²) in [5.41, 5.74) is 3.16. The average Bonchev–Trinajstić information content (AvgIpc) is 2.64. The third-order valence-corrected chi connectivity index (χ3v) is 3.25. The first-order valence-corrected chi connectivity index (χ1v) is 6.14. The zero-order chi connectivity index (χ0) is 13.1. The van der Waals surface area contributed by atoms with Crippen molar-refractivity contribution < 1.29 is 4.52 Å². The topological polar surface area (TPSA) is 42.2 Å². The largest absolute Gasteiger partial charge is 0.361 e. The van der Waals surface area contributed by atoms with Gasteiger partial charge in [0.25, 0.3) is 0 Å². The first-order valence-electron chi connectivity index (χ1n) is 5.76. The molecule has 0 bridgehead atoms. The van der Waals surface area contributed by atoms with Gasteiger partial charge in [-0.2, -0.15) is 0 Å². The van der Waals surface area contributed by atoms with Crippen molar-refractivity contribution in [2.24, 2.45) is 0 Å². The summed E-state index contributed by atoms with van der Waals surface area (Å²) in [6.45, 7) is 5.45. The Morgan fingerprint density at radius 3 is 2.72 bits per heavy atom. The van der Waals surface area contributed by atoms with E-state index in [0.29, 0.717) is 5.02 Å². The number of hydrogen-bond acceptors (Lipinski definition) is 4. The molecule has 4 nitrogen and oxygen atoms in total. The highest BCUT2D eigenvalue weighted by atomic mass is 35.5. The van der Waals surface area contributed by atoms with Crippen LogP contribution in [0.25, 0.3) is 0 Å². The van der Waals surface area contributed by atoms with Crippen LogP contribution in [-0.4, -0.2) is 22.1 Å². The molecule has 18 heavy (non-hydrogen) atoms. The SMILES string of the molecule is Cc1noc(C)c1CN(C)Cc1ccncc1Cl. The van der Waals surface area contributed by atoms with Crippen LogP contribution in [0, 0.1) is 13.8 Å². The lowest BCUT2D eigenvalue weighted by Crippen LogP contribution is -2.18.